The van der Waals surface area contributed by atoms with E-state index in [1.165, 1.54) is 0 Å². The molecule has 1 aliphatic rings. The summed E-state index contributed by atoms with van der Waals surface area (Å²) in [6.07, 6.45) is 4.42. The Bertz CT molecular complexity index is 307. The fourth-order valence-electron chi connectivity index (χ4n) is 1.52. The van der Waals surface area contributed by atoms with Crippen molar-refractivity contribution >= 4 is 21.9 Å². The summed E-state index contributed by atoms with van der Waals surface area (Å²) in [6, 6.07) is 1.83. The molecule has 1 aromatic rings. The van der Waals surface area contributed by atoms with Gasteiger partial charge in [0.25, 0.3) is 0 Å². The molecule has 2 heterocycles. The van der Waals surface area contributed by atoms with Crippen LogP contribution in [-0.2, 0) is 15.1 Å². The number of carbonyl (C=O) groups excluding carboxylic acids is 1. The van der Waals surface area contributed by atoms with Crippen LogP contribution in [0.2, 0.25) is 0 Å². The van der Waals surface area contributed by atoms with Crippen molar-refractivity contribution in [2.45, 2.75) is 18.4 Å². The van der Waals surface area contributed by atoms with Gasteiger partial charge in [-0.15, -0.1) is 0 Å². The molecule has 0 aliphatic carbocycles. The Hall–Kier alpha value is -0.770. The summed E-state index contributed by atoms with van der Waals surface area (Å²) >= 11 is 3.36. The van der Waals surface area contributed by atoms with Crippen LogP contribution < -0.4 is 0 Å². The third-order valence-corrected chi connectivity index (χ3v) is 3.21. The van der Waals surface area contributed by atoms with Crippen LogP contribution in [0.3, 0.4) is 0 Å². The normalized spacial score (nSPS) is 27.6. The maximum absolute atomic E-state index is 11.0. The number of alkyl halides is 1. The zero-order valence-corrected chi connectivity index (χ0v) is 8.54. The van der Waals surface area contributed by atoms with Crippen molar-refractivity contribution in [2.24, 2.45) is 0 Å². The first-order valence-electron chi connectivity index (χ1n) is 4.07. The van der Waals surface area contributed by atoms with Crippen molar-refractivity contribution in [2.75, 3.05) is 5.33 Å². The van der Waals surface area contributed by atoms with Crippen LogP contribution in [0, 0.1) is 0 Å². The maximum atomic E-state index is 11.0. The number of halogens is 1. The number of carbonyl (C=O) groups is 1. The lowest BCUT2D eigenvalue weighted by molar-refractivity contribution is -0.147. The Morgan fingerprint density at radius 3 is 2.92 bits per heavy atom. The number of esters is 1. The van der Waals surface area contributed by atoms with Gasteiger partial charge < -0.3 is 9.15 Å². The standard InChI is InChI=1S/C9H9BrO3/c10-6-9(3-1-8(11)13-9)7-2-4-12-5-7/h2,4-5H,1,3,6H2/t9-/m0/s1. The smallest absolute Gasteiger partial charge is 0.306 e. The molecule has 3 nitrogen and oxygen atoms in total. The number of hydrogen-bond acceptors (Lipinski definition) is 3. The number of hydrogen-bond donors (Lipinski definition) is 0. The third-order valence-electron chi connectivity index (χ3n) is 2.31. The van der Waals surface area contributed by atoms with E-state index in [0.717, 1.165) is 12.0 Å². The number of rotatable bonds is 2. The molecule has 2 rings (SSSR count). The molecule has 1 aromatic heterocycles. The molecular formula is C9H9BrO3. The molecule has 1 atom stereocenters. The van der Waals surface area contributed by atoms with E-state index in [9.17, 15) is 4.79 Å². The van der Waals surface area contributed by atoms with Gasteiger partial charge in [0.05, 0.1) is 12.5 Å². The first kappa shape index (κ1) is 8.81. The van der Waals surface area contributed by atoms with Gasteiger partial charge in [-0.1, -0.05) is 15.9 Å². The molecular weight excluding hydrogens is 236 g/mol. The molecule has 1 saturated heterocycles. The number of ether oxygens (including phenoxy) is 1. The highest BCUT2D eigenvalue weighted by molar-refractivity contribution is 9.09. The zero-order chi connectivity index (χ0) is 9.31. The van der Waals surface area contributed by atoms with Gasteiger partial charge >= 0.3 is 5.97 Å². The average molecular weight is 245 g/mol. The van der Waals surface area contributed by atoms with Gasteiger partial charge in [-0.05, 0) is 6.07 Å². The Balaban J connectivity index is 2.31. The van der Waals surface area contributed by atoms with Crippen molar-refractivity contribution < 1.29 is 13.9 Å². The van der Waals surface area contributed by atoms with Crippen LogP contribution in [0.4, 0.5) is 0 Å². The Morgan fingerprint density at radius 2 is 2.46 bits per heavy atom. The van der Waals surface area contributed by atoms with E-state index in [-0.39, 0.29) is 5.97 Å². The average Bonchev–Trinajstić information content (AvgIpc) is 2.73. The highest BCUT2D eigenvalue weighted by Gasteiger charge is 2.41. The third kappa shape index (κ3) is 1.39. The van der Waals surface area contributed by atoms with Crippen molar-refractivity contribution in [1.29, 1.82) is 0 Å². The highest BCUT2D eigenvalue weighted by Crippen LogP contribution is 2.38. The van der Waals surface area contributed by atoms with Gasteiger partial charge in [0.15, 0.2) is 5.60 Å². The summed E-state index contributed by atoms with van der Waals surface area (Å²) in [4.78, 5) is 11.0. The minimum Gasteiger partial charge on any atom is -0.472 e. The first-order valence-corrected chi connectivity index (χ1v) is 5.19. The Kier molecular flexibility index (Phi) is 2.15. The second kappa shape index (κ2) is 3.18. The fourth-order valence-corrected chi connectivity index (χ4v) is 2.24. The van der Waals surface area contributed by atoms with Crippen LogP contribution >= 0.6 is 15.9 Å². The highest BCUT2D eigenvalue weighted by atomic mass is 79.9. The van der Waals surface area contributed by atoms with Gasteiger partial charge in [0, 0.05) is 23.7 Å². The fraction of sp³-hybridized carbons (Fsp3) is 0.444. The quantitative estimate of drug-likeness (QED) is 0.592. The van der Waals surface area contributed by atoms with Gasteiger partial charge in [-0.2, -0.15) is 0 Å². The predicted octanol–water partition coefficient (Wildman–Crippen LogP) is 2.21. The van der Waals surface area contributed by atoms with Crippen LogP contribution in [-0.4, -0.2) is 11.3 Å². The monoisotopic (exact) mass is 244 g/mol. The predicted molar refractivity (Wildman–Crippen MR) is 49.5 cm³/mol. The zero-order valence-electron chi connectivity index (χ0n) is 6.96. The van der Waals surface area contributed by atoms with Crippen LogP contribution in [0.1, 0.15) is 18.4 Å². The molecule has 1 fully saturated rings. The Morgan fingerprint density at radius 1 is 1.62 bits per heavy atom. The summed E-state index contributed by atoms with van der Waals surface area (Å²) in [5, 5.41) is 0.616. The molecule has 0 spiro atoms. The molecule has 0 saturated carbocycles. The van der Waals surface area contributed by atoms with E-state index in [2.05, 4.69) is 15.9 Å². The summed E-state index contributed by atoms with van der Waals surface area (Å²) in [5.41, 5.74) is 0.430. The first-order chi connectivity index (χ1) is 6.27. The van der Waals surface area contributed by atoms with Gasteiger partial charge in [0.1, 0.15) is 0 Å². The molecule has 70 valence electrons. The van der Waals surface area contributed by atoms with Gasteiger partial charge in [0.2, 0.25) is 0 Å². The molecule has 13 heavy (non-hydrogen) atoms. The lowest BCUT2D eigenvalue weighted by Crippen LogP contribution is -2.26. The minimum absolute atomic E-state index is 0.138. The van der Waals surface area contributed by atoms with E-state index in [1.54, 1.807) is 12.5 Å². The van der Waals surface area contributed by atoms with Crippen molar-refractivity contribution in [3.63, 3.8) is 0 Å². The molecule has 0 aromatic carbocycles. The van der Waals surface area contributed by atoms with Crippen molar-refractivity contribution in [3.05, 3.63) is 24.2 Å². The van der Waals surface area contributed by atoms with Gasteiger partial charge in [-0.3, -0.25) is 4.79 Å². The second-order valence-electron chi connectivity index (χ2n) is 3.11. The number of furan rings is 1. The molecule has 0 bridgehead atoms. The number of cyclic esters (lactones) is 1. The summed E-state index contributed by atoms with van der Waals surface area (Å²) in [5.74, 6) is -0.138. The van der Waals surface area contributed by atoms with Crippen LogP contribution in [0.15, 0.2) is 23.0 Å². The van der Waals surface area contributed by atoms with E-state index in [0.29, 0.717) is 11.8 Å². The molecule has 1 aliphatic heterocycles. The lowest BCUT2D eigenvalue weighted by atomic mass is 9.96. The second-order valence-corrected chi connectivity index (χ2v) is 3.67. The van der Waals surface area contributed by atoms with Gasteiger partial charge in [-0.25, -0.2) is 0 Å². The largest absolute Gasteiger partial charge is 0.472 e. The Labute approximate surface area is 84.2 Å². The van der Waals surface area contributed by atoms with E-state index < -0.39 is 5.60 Å². The van der Waals surface area contributed by atoms with Crippen LogP contribution in [0.25, 0.3) is 0 Å². The molecule has 0 radical (unpaired) electrons. The molecule has 4 heteroatoms. The van der Waals surface area contributed by atoms with E-state index in [1.807, 2.05) is 6.07 Å². The molecule has 0 unspecified atom stereocenters. The maximum Gasteiger partial charge on any atom is 0.306 e. The minimum atomic E-state index is -0.496. The van der Waals surface area contributed by atoms with Crippen LogP contribution in [0.5, 0.6) is 0 Å². The molecule has 0 N–H and O–H groups in total. The van der Waals surface area contributed by atoms with Crippen molar-refractivity contribution in [1.82, 2.24) is 0 Å². The topological polar surface area (TPSA) is 39.4 Å². The van der Waals surface area contributed by atoms with Crippen molar-refractivity contribution in [3.8, 4) is 0 Å². The summed E-state index contributed by atoms with van der Waals surface area (Å²) < 4.78 is 10.3. The van der Waals surface area contributed by atoms with E-state index >= 15 is 0 Å². The lowest BCUT2D eigenvalue weighted by Gasteiger charge is -2.23. The SMILES string of the molecule is O=C1CC[C@](CBr)(c2ccoc2)O1. The summed E-state index contributed by atoms with van der Waals surface area (Å²) in [6.45, 7) is 0. The molecule has 0 amide bonds. The summed E-state index contributed by atoms with van der Waals surface area (Å²) in [7, 11) is 0. The van der Waals surface area contributed by atoms with E-state index in [4.69, 9.17) is 9.15 Å².